The topological polar surface area (TPSA) is 49.4 Å². The van der Waals surface area contributed by atoms with Crippen LogP contribution in [0.25, 0.3) is 0 Å². The molecule has 0 aromatic heterocycles. The van der Waals surface area contributed by atoms with Crippen LogP contribution in [0.2, 0.25) is 20.1 Å². The van der Waals surface area contributed by atoms with Crippen LogP contribution in [0.5, 0.6) is 0 Å². The number of carbonyl (C=O) groups excluding carboxylic acids is 2. The van der Waals surface area contributed by atoms with Gasteiger partial charge in [-0.05, 0) is 62.6 Å². The fourth-order valence-electron chi connectivity index (χ4n) is 3.20. The second-order valence-electron chi connectivity index (χ2n) is 8.63. The fraction of sp³-hybridized carbons (Fsp3) is 0.417. The lowest BCUT2D eigenvalue weighted by atomic mass is 10.1. The Morgan fingerprint density at radius 2 is 1.64 bits per heavy atom. The van der Waals surface area contributed by atoms with Crippen LogP contribution in [0, 0.1) is 0 Å². The van der Waals surface area contributed by atoms with Gasteiger partial charge >= 0.3 is 0 Å². The maximum absolute atomic E-state index is 13.3. The molecular formula is C24H28Cl4N2O2S. The second-order valence-corrected chi connectivity index (χ2v) is 11.2. The predicted molar refractivity (Wildman–Crippen MR) is 142 cm³/mol. The van der Waals surface area contributed by atoms with Crippen molar-refractivity contribution in [3.8, 4) is 0 Å². The molecule has 2 aromatic carbocycles. The molecule has 1 atom stereocenters. The van der Waals surface area contributed by atoms with Crippen LogP contribution in [0.4, 0.5) is 0 Å². The Balaban J connectivity index is 2.23. The first-order valence-electron chi connectivity index (χ1n) is 10.5. The molecule has 0 bridgehead atoms. The van der Waals surface area contributed by atoms with Gasteiger partial charge in [-0.15, -0.1) is 11.8 Å². The van der Waals surface area contributed by atoms with Crippen LogP contribution < -0.4 is 5.32 Å². The zero-order chi connectivity index (χ0) is 24.8. The van der Waals surface area contributed by atoms with Gasteiger partial charge in [0.25, 0.3) is 0 Å². The van der Waals surface area contributed by atoms with Gasteiger partial charge in [0.2, 0.25) is 11.8 Å². The molecule has 9 heteroatoms. The molecule has 4 nitrogen and oxygen atoms in total. The molecule has 0 aliphatic heterocycles. The summed E-state index contributed by atoms with van der Waals surface area (Å²) in [5, 5.41) is 4.94. The maximum atomic E-state index is 13.3. The standard InChI is InChI=1S/C24H28Cl4N2O2S/c1-5-21(23(32)29-24(2,3)4)30(12-15-9-10-19(27)20(28)11-15)22(31)14-33-13-16-17(25)7-6-8-18(16)26/h6-11,21H,5,12-14H2,1-4H3,(H,29,32)/t21-/m0/s1. The second kappa shape index (κ2) is 12.6. The summed E-state index contributed by atoms with van der Waals surface area (Å²) in [5.41, 5.74) is 1.16. The Morgan fingerprint density at radius 1 is 1.00 bits per heavy atom. The smallest absolute Gasteiger partial charge is 0.243 e. The molecule has 180 valence electrons. The van der Waals surface area contributed by atoms with Crippen molar-refractivity contribution >= 4 is 70.0 Å². The predicted octanol–water partition coefficient (Wildman–Crippen LogP) is 7.26. The lowest BCUT2D eigenvalue weighted by Crippen LogP contribution is -2.53. The van der Waals surface area contributed by atoms with Crippen LogP contribution in [-0.2, 0) is 21.9 Å². The highest BCUT2D eigenvalue weighted by atomic mass is 35.5. The van der Waals surface area contributed by atoms with Gasteiger partial charge in [-0.2, -0.15) is 0 Å². The molecular weight excluding hydrogens is 522 g/mol. The maximum Gasteiger partial charge on any atom is 0.243 e. The van der Waals surface area contributed by atoms with Crippen LogP contribution in [0.1, 0.15) is 45.2 Å². The van der Waals surface area contributed by atoms with Crippen molar-refractivity contribution in [1.29, 1.82) is 0 Å². The minimum Gasteiger partial charge on any atom is -0.350 e. The first-order valence-corrected chi connectivity index (χ1v) is 13.2. The SMILES string of the molecule is CC[C@@H](C(=O)NC(C)(C)C)N(Cc1ccc(Cl)c(Cl)c1)C(=O)CSCc1c(Cl)cccc1Cl. The average Bonchev–Trinajstić information content (AvgIpc) is 2.71. The van der Waals surface area contributed by atoms with E-state index in [9.17, 15) is 9.59 Å². The number of amides is 2. The fourth-order valence-corrected chi connectivity index (χ4v) is 5.17. The first kappa shape index (κ1) is 28.1. The zero-order valence-corrected chi connectivity index (χ0v) is 22.9. The van der Waals surface area contributed by atoms with Crippen molar-refractivity contribution in [1.82, 2.24) is 10.2 Å². The number of halogens is 4. The number of nitrogens with one attached hydrogen (secondary N) is 1. The van der Waals surface area contributed by atoms with Gasteiger partial charge in [0.1, 0.15) is 6.04 Å². The molecule has 0 radical (unpaired) electrons. The highest BCUT2D eigenvalue weighted by molar-refractivity contribution is 7.99. The molecule has 0 saturated heterocycles. The Bertz CT molecular complexity index is 975. The molecule has 1 N–H and O–H groups in total. The van der Waals surface area contributed by atoms with Crippen molar-refractivity contribution in [3.05, 3.63) is 67.6 Å². The molecule has 0 aliphatic carbocycles. The van der Waals surface area contributed by atoms with Gasteiger partial charge < -0.3 is 10.2 Å². The number of benzene rings is 2. The molecule has 33 heavy (non-hydrogen) atoms. The summed E-state index contributed by atoms with van der Waals surface area (Å²) < 4.78 is 0. The molecule has 0 fully saturated rings. The molecule has 0 heterocycles. The van der Waals surface area contributed by atoms with Gasteiger partial charge in [0.15, 0.2) is 0 Å². The third kappa shape index (κ3) is 8.56. The van der Waals surface area contributed by atoms with E-state index in [1.807, 2.05) is 27.7 Å². The normalized spacial score (nSPS) is 12.4. The summed E-state index contributed by atoms with van der Waals surface area (Å²) in [6.45, 7) is 7.85. The summed E-state index contributed by atoms with van der Waals surface area (Å²) in [4.78, 5) is 28.0. The third-order valence-corrected chi connectivity index (χ3v) is 7.15. The minimum absolute atomic E-state index is 0.162. The van der Waals surface area contributed by atoms with Crippen molar-refractivity contribution in [3.63, 3.8) is 0 Å². The Morgan fingerprint density at radius 3 is 2.18 bits per heavy atom. The van der Waals surface area contributed by atoms with Crippen LogP contribution >= 0.6 is 58.2 Å². The first-order chi connectivity index (χ1) is 15.4. The van der Waals surface area contributed by atoms with Gasteiger partial charge in [-0.1, -0.05) is 65.5 Å². The van der Waals surface area contributed by atoms with Gasteiger partial charge in [0, 0.05) is 27.9 Å². The summed E-state index contributed by atoms with van der Waals surface area (Å²) in [5.74, 6) is 0.292. The van der Waals surface area contributed by atoms with Gasteiger partial charge in [-0.25, -0.2) is 0 Å². The zero-order valence-electron chi connectivity index (χ0n) is 19.1. The molecule has 2 aromatic rings. The number of nitrogens with zero attached hydrogens (tertiary/aromatic N) is 1. The third-order valence-electron chi connectivity index (χ3n) is 4.75. The number of carbonyl (C=O) groups is 2. The number of rotatable bonds is 9. The number of hydrogen-bond donors (Lipinski definition) is 1. The van der Waals surface area contributed by atoms with E-state index >= 15 is 0 Å². The Kier molecular flexibility index (Phi) is 10.7. The summed E-state index contributed by atoms with van der Waals surface area (Å²) in [7, 11) is 0. The lowest BCUT2D eigenvalue weighted by Gasteiger charge is -2.33. The van der Waals surface area contributed by atoms with E-state index in [-0.39, 0.29) is 24.1 Å². The van der Waals surface area contributed by atoms with Crippen molar-refractivity contribution in [2.75, 3.05) is 5.75 Å². The monoisotopic (exact) mass is 548 g/mol. The Labute approximate surface area is 220 Å². The van der Waals surface area contributed by atoms with E-state index in [1.165, 1.54) is 11.8 Å². The van der Waals surface area contributed by atoms with Gasteiger partial charge in [0.05, 0.1) is 15.8 Å². The van der Waals surface area contributed by atoms with E-state index in [2.05, 4.69) is 5.32 Å². The summed E-state index contributed by atoms with van der Waals surface area (Å²) >= 11 is 26.1. The molecule has 2 rings (SSSR count). The van der Waals surface area contributed by atoms with Gasteiger partial charge in [-0.3, -0.25) is 9.59 Å². The van der Waals surface area contributed by atoms with E-state index < -0.39 is 11.6 Å². The number of hydrogen-bond acceptors (Lipinski definition) is 3. The van der Waals surface area contributed by atoms with Crippen molar-refractivity contribution in [2.24, 2.45) is 0 Å². The van der Waals surface area contributed by atoms with Crippen molar-refractivity contribution in [2.45, 2.75) is 58.0 Å². The van der Waals surface area contributed by atoms with Crippen LogP contribution in [-0.4, -0.2) is 34.0 Å². The molecule has 0 aliphatic rings. The summed E-state index contributed by atoms with van der Waals surface area (Å²) in [6, 6.07) is 9.90. The van der Waals surface area contributed by atoms with E-state index in [0.29, 0.717) is 32.3 Å². The van der Waals surface area contributed by atoms with E-state index in [0.717, 1.165) is 11.1 Å². The molecule has 0 saturated carbocycles. The van der Waals surface area contributed by atoms with E-state index in [1.54, 1.807) is 41.3 Å². The average molecular weight is 550 g/mol. The summed E-state index contributed by atoms with van der Waals surface area (Å²) in [6.07, 6.45) is 0.468. The van der Waals surface area contributed by atoms with Crippen molar-refractivity contribution < 1.29 is 9.59 Å². The van der Waals surface area contributed by atoms with Crippen LogP contribution in [0.3, 0.4) is 0 Å². The highest BCUT2D eigenvalue weighted by Crippen LogP contribution is 2.29. The highest BCUT2D eigenvalue weighted by Gasteiger charge is 2.30. The quantitative estimate of drug-likeness (QED) is 0.358. The van der Waals surface area contributed by atoms with E-state index in [4.69, 9.17) is 46.4 Å². The number of thioether (sulfide) groups is 1. The molecule has 2 amide bonds. The Hall–Kier alpha value is -1.11. The minimum atomic E-state index is -0.629. The molecule has 0 spiro atoms. The van der Waals surface area contributed by atoms with Crippen LogP contribution in [0.15, 0.2) is 36.4 Å². The largest absolute Gasteiger partial charge is 0.350 e. The molecule has 0 unspecified atom stereocenters. The lowest BCUT2D eigenvalue weighted by molar-refractivity contribution is -0.140.